The molecule has 1 aromatic heterocycles. The van der Waals surface area contributed by atoms with Crippen LogP contribution in [0.15, 0.2) is 28.7 Å². The Labute approximate surface area is 97.4 Å². The van der Waals surface area contributed by atoms with Gasteiger partial charge in [0.2, 0.25) is 15.9 Å². The third kappa shape index (κ3) is 2.23. The molecule has 0 saturated carbocycles. The van der Waals surface area contributed by atoms with Gasteiger partial charge in [-0.05, 0) is 6.07 Å². The van der Waals surface area contributed by atoms with Crippen LogP contribution in [0.25, 0.3) is 11.0 Å². The molecule has 1 amide bonds. The van der Waals surface area contributed by atoms with E-state index >= 15 is 0 Å². The number of anilines is 1. The molecule has 17 heavy (non-hydrogen) atoms. The van der Waals surface area contributed by atoms with E-state index < -0.39 is 15.9 Å². The van der Waals surface area contributed by atoms with E-state index in [0.717, 1.165) is 6.26 Å². The van der Waals surface area contributed by atoms with E-state index in [1.54, 1.807) is 24.3 Å². The highest BCUT2D eigenvalue weighted by Gasteiger charge is 2.20. The predicted molar refractivity (Wildman–Crippen MR) is 63.2 cm³/mol. The first-order chi connectivity index (χ1) is 7.88. The minimum atomic E-state index is -3.53. The van der Waals surface area contributed by atoms with E-state index in [9.17, 15) is 13.2 Å². The molecule has 1 heterocycles. The maximum Gasteiger partial charge on any atom is 0.254 e. The number of primary amides is 1. The second-order valence-corrected chi connectivity index (χ2v) is 5.29. The molecule has 7 heteroatoms. The summed E-state index contributed by atoms with van der Waals surface area (Å²) in [5.41, 5.74) is 5.64. The first kappa shape index (κ1) is 11.5. The van der Waals surface area contributed by atoms with Crippen LogP contribution >= 0.6 is 0 Å². The van der Waals surface area contributed by atoms with Crippen LogP contribution in [0.5, 0.6) is 0 Å². The Hall–Kier alpha value is -2.02. The summed E-state index contributed by atoms with van der Waals surface area (Å²) in [7, 11) is -3.53. The van der Waals surface area contributed by atoms with E-state index in [-0.39, 0.29) is 11.4 Å². The van der Waals surface area contributed by atoms with Crippen LogP contribution in [0.4, 0.5) is 5.88 Å². The number of benzene rings is 1. The van der Waals surface area contributed by atoms with Gasteiger partial charge in [-0.3, -0.25) is 9.52 Å². The van der Waals surface area contributed by atoms with Gasteiger partial charge < -0.3 is 10.2 Å². The Morgan fingerprint density at radius 2 is 2.00 bits per heavy atom. The minimum absolute atomic E-state index is 0.0334. The van der Waals surface area contributed by atoms with Crippen molar-refractivity contribution in [3.8, 4) is 0 Å². The summed E-state index contributed by atoms with van der Waals surface area (Å²) in [5, 5.41) is 0.478. The standard InChI is InChI=1S/C10H10N2O4S/c1-17(14,15)12-10-8(9(11)13)6-4-2-3-5-7(6)16-10/h2-5,12H,1H3,(H2,11,13). The van der Waals surface area contributed by atoms with Crippen LogP contribution in [0.2, 0.25) is 0 Å². The SMILES string of the molecule is CS(=O)(=O)Nc1oc2ccccc2c1C(N)=O. The largest absolute Gasteiger partial charge is 0.439 e. The lowest BCUT2D eigenvalue weighted by atomic mass is 10.1. The third-order valence-electron chi connectivity index (χ3n) is 2.12. The van der Waals surface area contributed by atoms with Crippen molar-refractivity contribution < 1.29 is 17.6 Å². The number of furan rings is 1. The molecule has 2 rings (SSSR count). The molecule has 0 spiro atoms. The summed E-state index contributed by atoms with van der Waals surface area (Å²) < 4.78 is 29.6. The van der Waals surface area contributed by atoms with Crippen molar-refractivity contribution in [1.82, 2.24) is 0 Å². The molecule has 0 unspecified atom stereocenters. The fourth-order valence-corrected chi connectivity index (χ4v) is 2.01. The van der Waals surface area contributed by atoms with Crippen LogP contribution in [0, 0.1) is 0 Å². The van der Waals surface area contributed by atoms with E-state index in [1.807, 2.05) is 0 Å². The van der Waals surface area contributed by atoms with Crippen LogP contribution < -0.4 is 10.5 Å². The van der Waals surface area contributed by atoms with Gasteiger partial charge in [0, 0.05) is 5.39 Å². The van der Waals surface area contributed by atoms with Gasteiger partial charge in [-0.2, -0.15) is 0 Å². The average molecular weight is 254 g/mol. The van der Waals surface area contributed by atoms with Gasteiger partial charge in [0.1, 0.15) is 11.1 Å². The number of amides is 1. The Bertz CT molecular complexity index is 687. The van der Waals surface area contributed by atoms with Gasteiger partial charge in [0.25, 0.3) is 5.91 Å². The zero-order valence-corrected chi connectivity index (χ0v) is 9.74. The highest BCUT2D eigenvalue weighted by atomic mass is 32.2. The van der Waals surface area contributed by atoms with Crippen molar-refractivity contribution in [3.05, 3.63) is 29.8 Å². The summed E-state index contributed by atoms with van der Waals surface area (Å²) in [5.74, 6) is -0.901. The fourth-order valence-electron chi connectivity index (χ4n) is 1.53. The smallest absolute Gasteiger partial charge is 0.254 e. The number of nitrogens with one attached hydrogen (secondary N) is 1. The molecule has 3 N–H and O–H groups in total. The fraction of sp³-hybridized carbons (Fsp3) is 0.100. The van der Waals surface area contributed by atoms with Gasteiger partial charge in [-0.25, -0.2) is 8.42 Å². The van der Waals surface area contributed by atoms with Crippen LogP contribution in [0.3, 0.4) is 0 Å². The van der Waals surface area contributed by atoms with Crippen molar-refractivity contribution in [2.24, 2.45) is 5.73 Å². The third-order valence-corrected chi connectivity index (χ3v) is 2.68. The lowest BCUT2D eigenvalue weighted by molar-refractivity contribution is 0.100. The molecular weight excluding hydrogens is 244 g/mol. The Morgan fingerprint density at radius 3 is 2.59 bits per heavy atom. The number of nitrogens with two attached hydrogens (primary N) is 1. The predicted octanol–water partition coefficient (Wildman–Crippen LogP) is 0.903. The van der Waals surface area contributed by atoms with Gasteiger partial charge in [0.05, 0.1) is 6.26 Å². The van der Waals surface area contributed by atoms with Gasteiger partial charge >= 0.3 is 0 Å². The molecule has 0 saturated heterocycles. The molecule has 90 valence electrons. The monoisotopic (exact) mass is 254 g/mol. The first-order valence-electron chi connectivity index (χ1n) is 4.67. The summed E-state index contributed by atoms with van der Waals surface area (Å²) in [6, 6.07) is 6.66. The minimum Gasteiger partial charge on any atom is -0.439 e. The number of para-hydroxylation sites is 1. The van der Waals surface area contributed by atoms with Crippen molar-refractivity contribution >= 4 is 32.8 Å². The topological polar surface area (TPSA) is 102 Å². The first-order valence-corrected chi connectivity index (χ1v) is 6.57. The Kier molecular flexibility index (Phi) is 2.55. The van der Waals surface area contributed by atoms with Gasteiger partial charge in [-0.15, -0.1) is 0 Å². The molecule has 6 nitrogen and oxygen atoms in total. The van der Waals surface area contributed by atoms with Gasteiger partial charge in [-0.1, -0.05) is 18.2 Å². The second-order valence-electron chi connectivity index (χ2n) is 3.54. The lowest BCUT2D eigenvalue weighted by Gasteiger charge is -2.00. The number of hydrogen-bond acceptors (Lipinski definition) is 4. The zero-order chi connectivity index (χ0) is 12.6. The van der Waals surface area contributed by atoms with E-state index in [2.05, 4.69) is 4.72 Å². The van der Waals surface area contributed by atoms with E-state index in [0.29, 0.717) is 11.0 Å². The number of fused-ring (bicyclic) bond motifs is 1. The Balaban J connectivity index is 2.70. The molecule has 1 aromatic carbocycles. The van der Waals surface area contributed by atoms with Crippen LogP contribution in [-0.2, 0) is 10.0 Å². The summed E-state index contributed by atoms with van der Waals surface area (Å²) in [4.78, 5) is 11.3. The Morgan fingerprint density at radius 1 is 1.35 bits per heavy atom. The number of carbonyl (C=O) groups excluding carboxylic acids is 1. The van der Waals surface area contributed by atoms with Crippen LogP contribution in [-0.4, -0.2) is 20.6 Å². The number of rotatable bonds is 3. The van der Waals surface area contributed by atoms with Gasteiger partial charge in [0.15, 0.2) is 0 Å². The van der Waals surface area contributed by atoms with Crippen molar-refractivity contribution in [1.29, 1.82) is 0 Å². The molecule has 0 radical (unpaired) electrons. The molecule has 0 fully saturated rings. The number of sulfonamides is 1. The molecule has 0 aliphatic rings. The quantitative estimate of drug-likeness (QED) is 0.849. The zero-order valence-electron chi connectivity index (χ0n) is 8.93. The molecular formula is C10H10N2O4S. The normalized spacial score (nSPS) is 11.6. The summed E-state index contributed by atoms with van der Waals surface area (Å²) in [6.45, 7) is 0. The van der Waals surface area contributed by atoms with Crippen molar-refractivity contribution in [2.45, 2.75) is 0 Å². The highest BCUT2D eigenvalue weighted by Crippen LogP contribution is 2.29. The van der Waals surface area contributed by atoms with E-state index in [4.69, 9.17) is 10.2 Å². The van der Waals surface area contributed by atoms with Crippen molar-refractivity contribution in [3.63, 3.8) is 0 Å². The number of hydrogen-bond donors (Lipinski definition) is 2. The molecule has 0 aliphatic carbocycles. The second kappa shape index (κ2) is 3.77. The molecule has 0 bridgehead atoms. The number of carbonyl (C=O) groups is 1. The highest BCUT2D eigenvalue weighted by molar-refractivity contribution is 7.92. The summed E-state index contributed by atoms with van der Waals surface area (Å²) in [6.07, 6.45) is 0.963. The lowest BCUT2D eigenvalue weighted by Crippen LogP contribution is -2.16. The average Bonchev–Trinajstić information content (AvgIpc) is 2.51. The van der Waals surface area contributed by atoms with Crippen LogP contribution in [0.1, 0.15) is 10.4 Å². The van der Waals surface area contributed by atoms with Crippen molar-refractivity contribution in [2.75, 3.05) is 11.0 Å². The van der Waals surface area contributed by atoms with E-state index in [1.165, 1.54) is 0 Å². The molecule has 0 atom stereocenters. The summed E-state index contributed by atoms with van der Waals surface area (Å²) >= 11 is 0. The maximum atomic E-state index is 11.3. The molecule has 2 aromatic rings. The maximum absolute atomic E-state index is 11.3. The molecule has 0 aliphatic heterocycles.